The van der Waals surface area contributed by atoms with Crippen molar-refractivity contribution in [2.45, 2.75) is 24.8 Å². The summed E-state index contributed by atoms with van der Waals surface area (Å²) in [5, 5.41) is 4.05. The fraction of sp³-hybridized carbons (Fsp3) is 0.583. The van der Waals surface area contributed by atoms with Crippen LogP contribution in [-0.2, 0) is 0 Å². The van der Waals surface area contributed by atoms with E-state index in [0.29, 0.717) is 10.6 Å². The van der Waals surface area contributed by atoms with Crippen LogP contribution in [0.25, 0.3) is 0 Å². The van der Waals surface area contributed by atoms with E-state index in [0.717, 1.165) is 16.8 Å². The molecule has 5 heteroatoms. The number of aromatic nitrogens is 1. The Hall–Kier alpha value is -0.320. The summed E-state index contributed by atoms with van der Waals surface area (Å²) in [5.74, 6) is 0.863. The molecule has 0 saturated heterocycles. The zero-order valence-electron chi connectivity index (χ0n) is 10.1. The van der Waals surface area contributed by atoms with E-state index in [-0.39, 0.29) is 0 Å². The molecule has 0 unspecified atom stereocenters. The first kappa shape index (κ1) is 13.1. The third kappa shape index (κ3) is 2.75. The summed E-state index contributed by atoms with van der Waals surface area (Å²) >= 11 is 9.34. The zero-order valence-corrected chi connectivity index (χ0v) is 12.5. The van der Waals surface area contributed by atoms with E-state index < -0.39 is 0 Å². The lowest BCUT2D eigenvalue weighted by Gasteiger charge is -2.47. The van der Waals surface area contributed by atoms with E-state index in [1.165, 1.54) is 19.3 Å². The number of likely N-dealkylation sites (N-methyl/N-ethyl adjacent to an activating group) is 1. The minimum absolute atomic E-state index is 0.292. The number of halogens is 2. The third-order valence-electron chi connectivity index (χ3n) is 3.63. The van der Waals surface area contributed by atoms with Crippen LogP contribution in [-0.4, -0.2) is 36.1 Å². The highest BCUT2D eigenvalue weighted by Crippen LogP contribution is 2.36. The number of nitrogens with zero attached hydrogens (tertiary/aromatic N) is 2. The summed E-state index contributed by atoms with van der Waals surface area (Å²) in [7, 11) is 4.29. The van der Waals surface area contributed by atoms with Crippen LogP contribution < -0.4 is 5.32 Å². The highest BCUT2D eigenvalue weighted by atomic mass is 79.9. The topological polar surface area (TPSA) is 28.2 Å². The molecule has 17 heavy (non-hydrogen) atoms. The van der Waals surface area contributed by atoms with Gasteiger partial charge in [-0.1, -0.05) is 11.6 Å². The summed E-state index contributed by atoms with van der Waals surface area (Å²) < 4.78 is 0.915. The number of hydrogen-bond acceptors (Lipinski definition) is 3. The lowest BCUT2D eigenvalue weighted by molar-refractivity contribution is 0.0738. The Morgan fingerprint density at radius 3 is 2.71 bits per heavy atom. The first-order chi connectivity index (χ1) is 8.03. The summed E-state index contributed by atoms with van der Waals surface area (Å²) in [6, 6.07) is 1.86. The predicted octanol–water partition coefficient (Wildman–Crippen LogP) is 3.39. The van der Waals surface area contributed by atoms with Crippen molar-refractivity contribution in [2.24, 2.45) is 0 Å². The summed E-state index contributed by atoms with van der Waals surface area (Å²) in [6.45, 7) is 0.924. The molecule has 0 aromatic carbocycles. The molecule has 0 amide bonds. The highest BCUT2D eigenvalue weighted by molar-refractivity contribution is 9.10. The van der Waals surface area contributed by atoms with Crippen molar-refractivity contribution in [3.63, 3.8) is 0 Å². The molecular formula is C12H17BrClN3. The van der Waals surface area contributed by atoms with E-state index in [1.807, 2.05) is 6.07 Å². The van der Waals surface area contributed by atoms with Gasteiger partial charge in [-0.25, -0.2) is 4.98 Å². The van der Waals surface area contributed by atoms with Crippen molar-refractivity contribution in [3.8, 4) is 0 Å². The average Bonchev–Trinajstić information content (AvgIpc) is 2.18. The Bertz CT molecular complexity index is 405. The van der Waals surface area contributed by atoms with E-state index >= 15 is 0 Å². The Labute approximate surface area is 116 Å². The molecule has 0 bridgehead atoms. The van der Waals surface area contributed by atoms with Crippen LogP contribution in [0.15, 0.2) is 16.7 Å². The number of rotatable bonds is 4. The van der Waals surface area contributed by atoms with Crippen LogP contribution in [0.3, 0.4) is 0 Å². The van der Waals surface area contributed by atoms with Crippen molar-refractivity contribution in [1.29, 1.82) is 0 Å². The summed E-state index contributed by atoms with van der Waals surface area (Å²) in [5.41, 5.74) is 0.292. The van der Waals surface area contributed by atoms with Crippen molar-refractivity contribution >= 4 is 33.3 Å². The number of anilines is 1. The summed E-state index contributed by atoms with van der Waals surface area (Å²) in [6.07, 6.45) is 5.48. The van der Waals surface area contributed by atoms with Gasteiger partial charge in [0.05, 0.1) is 9.50 Å². The molecule has 1 fully saturated rings. The van der Waals surface area contributed by atoms with Gasteiger partial charge >= 0.3 is 0 Å². The third-order valence-corrected chi connectivity index (χ3v) is 4.44. The molecule has 1 aliphatic rings. The predicted molar refractivity (Wildman–Crippen MR) is 75.7 cm³/mol. The molecule has 1 aromatic heterocycles. The van der Waals surface area contributed by atoms with Crippen molar-refractivity contribution in [1.82, 2.24) is 9.88 Å². The fourth-order valence-corrected chi connectivity index (χ4v) is 2.94. The fourth-order valence-electron chi connectivity index (χ4n) is 2.16. The first-order valence-electron chi connectivity index (χ1n) is 5.76. The maximum Gasteiger partial charge on any atom is 0.140 e. The SMILES string of the molecule is CN(C)C1(CNc2ncc(Cl)cc2Br)CCC1. The minimum Gasteiger partial charge on any atom is -0.367 e. The Morgan fingerprint density at radius 2 is 2.24 bits per heavy atom. The van der Waals surface area contributed by atoms with E-state index in [9.17, 15) is 0 Å². The second kappa shape index (κ2) is 5.12. The van der Waals surface area contributed by atoms with Gasteiger partial charge in [-0.15, -0.1) is 0 Å². The number of hydrogen-bond donors (Lipinski definition) is 1. The van der Waals surface area contributed by atoms with Crippen molar-refractivity contribution in [2.75, 3.05) is 26.0 Å². The van der Waals surface area contributed by atoms with Crippen molar-refractivity contribution in [3.05, 3.63) is 21.8 Å². The molecule has 94 valence electrons. The van der Waals surface area contributed by atoms with Gasteiger partial charge in [0, 0.05) is 18.3 Å². The van der Waals surface area contributed by atoms with Gasteiger partial charge < -0.3 is 10.2 Å². The number of pyridine rings is 1. The van der Waals surface area contributed by atoms with Gasteiger partial charge in [-0.2, -0.15) is 0 Å². The van der Waals surface area contributed by atoms with E-state index in [2.05, 4.69) is 45.2 Å². The van der Waals surface area contributed by atoms with Crippen LogP contribution >= 0.6 is 27.5 Å². The maximum absolute atomic E-state index is 5.87. The van der Waals surface area contributed by atoms with Gasteiger partial charge in [-0.3, -0.25) is 0 Å². The van der Waals surface area contributed by atoms with Gasteiger partial charge in [0.15, 0.2) is 0 Å². The van der Waals surface area contributed by atoms with Crippen LogP contribution in [0, 0.1) is 0 Å². The van der Waals surface area contributed by atoms with Gasteiger partial charge in [-0.05, 0) is 55.4 Å². The molecule has 0 aliphatic heterocycles. The molecule has 1 saturated carbocycles. The smallest absolute Gasteiger partial charge is 0.140 e. The zero-order chi connectivity index (χ0) is 12.5. The molecule has 1 aromatic rings. The summed E-state index contributed by atoms with van der Waals surface area (Å²) in [4.78, 5) is 6.60. The van der Waals surface area contributed by atoms with E-state index in [4.69, 9.17) is 11.6 Å². The Kier molecular flexibility index (Phi) is 3.95. The van der Waals surface area contributed by atoms with Gasteiger partial charge in [0.1, 0.15) is 5.82 Å². The number of nitrogens with one attached hydrogen (secondary N) is 1. The average molecular weight is 319 g/mol. The molecule has 0 atom stereocenters. The minimum atomic E-state index is 0.292. The molecule has 1 N–H and O–H groups in total. The van der Waals surface area contributed by atoms with Crippen LogP contribution in [0.4, 0.5) is 5.82 Å². The molecule has 1 heterocycles. The lowest BCUT2D eigenvalue weighted by atomic mass is 9.75. The second-order valence-corrected chi connectivity index (χ2v) is 6.10. The second-order valence-electron chi connectivity index (χ2n) is 4.81. The van der Waals surface area contributed by atoms with Crippen LogP contribution in [0.1, 0.15) is 19.3 Å². The van der Waals surface area contributed by atoms with Gasteiger partial charge in [0.25, 0.3) is 0 Å². The van der Waals surface area contributed by atoms with Crippen LogP contribution in [0.5, 0.6) is 0 Å². The lowest BCUT2D eigenvalue weighted by Crippen LogP contribution is -2.54. The molecule has 2 rings (SSSR count). The van der Waals surface area contributed by atoms with Crippen LogP contribution in [0.2, 0.25) is 5.02 Å². The van der Waals surface area contributed by atoms with Crippen molar-refractivity contribution < 1.29 is 0 Å². The maximum atomic E-state index is 5.87. The van der Waals surface area contributed by atoms with Gasteiger partial charge in [0.2, 0.25) is 0 Å². The normalized spacial score (nSPS) is 17.9. The molecule has 0 radical (unpaired) electrons. The molecule has 3 nitrogen and oxygen atoms in total. The monoisotopic (exact) mass is 317 g/mol. The molecule has 1 aliphatic carbocycles. The standard InChI is InChI=1S/C12H17BrClN3/c1-17(2)12(4-3-5-12)8-16-11-10(13)6-9(14)7-15-11/h6-7H,3-5,8H2,1-2H3,(H,15,16). The van der Waals surface area contributed by atoms with E-state index in [1.54, 1.807) is 6.20 Å². The highest BCUT2D eigenvalue weighted by Gasteiger charge is 2.38. The molecular weight excluding hydrogens is 302 g/mol. The first-order valence-corrected chi connectivity index (χ1v) is 6.93. The Balaban J connectivity index is 2.02. The Morgan fingerprint density at radius 1 is 1.53 bits per heavy atom. The largest absolute Gasteiger partial charge is 0.367 e. The molecule has 0 spiro atoms. The quantitative estimate of drug-likeness (QED) is 0.922.